The number of carbonyl (C=O) groups is 3. The quantitative estimate of drug-likeness (QED) is 0.318. The maximum atomic E-state index is 14.8. The highest BCUT2D eigenvalue weighted by molar-refractivity contribution is 6.40. The Morgan fingerprint density at radius 3 is 2.05 bits per heavy atom. The Labute approximate surface area is 257 Å². The van der Waals surface area contributed by atoms with Crippen LogP contribution in [-0.4, -0.2) is 50.0 Å². The Kier molecular flexibility index (Phi) is 7.05. The normalized spacial score (nSPS) is 30.7. The molecule has 0 aliphatic heterocycles. The van der Waals surface area contributed by atoms with Crippen LogP contribution in [0.2, 0.25) is 10.0 Å². The second-order valence-corrected chi connectivity index (χ2v) is 14.6. The Morgan fingerprint density at radius 1 is 1.02 bits per heavy atom. The average Bonchev–Trinajstić information content (AvgIpc) is 3.36. The maximum Gasteiger partial charge on any atom is 0.433 e. The van der Waals surface area contributed by atoms with Crippen molar-refractivity contribution in [1.29, 1.82) is 0 Å². The number of Topliss-reactive ketones (excluding diaryl/α,β-unsaturated/α-hetero) is 1. The van der Waals surface area contributed by atoms with Crippen LogP contribution in [-0.2, 0) is 16.5 Å². The van der Waals surface area contributed by atoms with Gasteiger partial charge in [-0.2, -0.15) is 18.3 Å². The van der Waals surface area contributed by atoms with Crippen molar-refractivity contribution < 1.29 is 32.7 Å². The van der Waals surface area contributed by atoms with Crippen molar-refractivity contribution in [3.63, 3.8) is 0 Å². The summed E-state index contributed by atoms with van der Waals surface area (Å²) in [6, 6.07) is 2.74. The molecule has 232 valence electrons. The van der Waals surface area contributed by atoms with Gasteiger partial charge < -0.3 is 10.0 Å². The summed E-state index contributed by atoms with van der Waals surface area (Å²) >= 11 is 12.7. The maximum absolute atomic E-state index is 14.8. The van der Waals surface area contributed by atoms with Crippen LogP contribution in [0.5, 0.6) is 0 Å². The number of carbonyl (C=O) groups excluding carboxylic acids is 2. The molecular weight excluding hydrogens is 606 g/mol. The highest BCUT2D eigenvalue weighted by Gasteiger charge is 2.63. The first-order valence-electron chi connectivity index (χ1n) is 14.7. The number of aryl methyl sites for hydroxylation is 1. The summed E-state index contributed by atoms with van der Waals surface area (Å²) in [6.07, 6.45) is -1.33. The lowest BCUT2D eigenvalue weighted by Gasteiger charge is -2.51. The number of aliphatic carboxylic acids is 1. The van der Waals surface area contributed by atoms with Gasteiger partial charge in [-0.1, -0.05) is 37.0 Å². The summed E-state index contributed by atoms with van der Waals surface area (Å²) in [4.78, 5) is 41.0. The highest BCUT2D eigenvalue weighted by Crippen LogP contribution is 2.67. The molecule has 0 saturated heterocycles. The van der Waals surface area contributed by atoms with E-state index in [9.17, 15) is 32.7 Å². The fourth-order valence-electron chi connectivity index (χ4n) is 8.39. The molecule has 1 heterocycles. The number of alkyl halides is 3. The van der Waals surface area contributed by atoms with Crippen molar-refractivity contribution in [3.05, 3.63) is 50.8 Å². The molecule has 7 rings (SSSR count). The summed E-state index contributed by atoms with van der Waals surface area (Å²) in [5, 5.41) is 14.2. The molecule has 5 aliphatic rings. The molecule has 0 unspecified atom stereocenters. The van der Waals surface area contributed by atoms with Gasteiger partial charge >= 0.3 is 12.1 Å². The lowest BCUT2D eigenvalue weighted by atomic mass is 9.57. The topological polar surface area (TPSA) is 92.5 Å². The van der Waals surface area contributed by atoms with E-state index in [0.29, 0.717) is 24.7 Å². The number of hydrogen-bond donors (Lipinski definition) is 1. The third-order valence-electron chi connectivity index (χ3n) is 11.2. The molecule has 1 amide bonds. The smallest absolute Gasteiger partial charge is 0.433 e. The summed E-state index contributed by atoms with van der Waals surface area (Å²) in [5.41, 5.74) is -2.82. The molecule has 0 spiro atoms. The van der Waals surface area contributed by atoms with Gasteiger partial charge in [0.1, 0.15) is 0 Å². The third kappa shape index (κ3) is 4.78. The van der Waals surface area contributed by atoms with Crippen LogP contribution in [0.3, 0.4) is 0 Å². The van der Waals surface area contributed by atoms with E-state index in [4.69, 9.17) is 23.2 Å². The number of carboxylic acids is 1. The first-order valence-corrected chi connectivity index (χ1v) is 15.5. The predicted molar refractivity (Wildman–Crippen MR) is 153 cm³/mol. The van der Waals surface area contributed by atoms with Gasteiger partial charge in [0.25, 0.3) is 5.91 Å². The van der Waals surface area contributed by atoms with E-state index in [2.05, 4.69) is 18.9 Å². The Morgan fingerprint density at radius 2 is 1.56 bits per heavy atom. The molecular formula is C31H34Cl2F3N3O4. The third-order valence-corrected chi connectivity index (χ3v) is 11.8. The molecule has 5 fully saturated rings. The predicted octanol–water partition coefficient (Wildman–Crippen LogP) is 7.41. The summed E-state index contributed by atoms with van der Waals surface area (Å²) in [5.74, 6) is -1.74. The lowest BCUT2D eigenvalue weighted by molar-refractivity contribution is -0.163. The van der Waals surface area contributed by atoms with E-state index < -0.39 is 58.6 Å². The number of rotatable bonds is 7. The first-order chi connectivity index (χ1) is 20.0. The number of hydrogen-bond acceptors (Lipinski definition) is 4. The Balaban J connectivity index is 1.36. The number of amides is 1. The van der Waals surface area contributed by atoms with Gasteiger partial charge in [0, 0.05) is 6.04 Å². The van der Waals surface area contributed by atoms with E-state index in [1.54, 1.807) is 19.1 Å². The second-order valence-electron chi connectivity index (χ2n) is 13.7. The van der Waals surface area contributed by atoms with Crippen LogP contribution in [0.4, 0.5) is 13.2 Å². The average molecular weight is 641 g/mol. The molecule has 43 heavy (non-hydrogen) atoms. The van der Waals surface area contributed by atoms with Gasteiger partial charge in [-0.15, -0.1) is 0 Å². The summed E-state index contributed by atoms with van der Waals surface area (Å²) < 4.78 is 45.4. The van der Waals surface area contributed by atoms with Gasteiger partial charge in [-0.3, -0.25) is 19.1 Å². The van der Waals surface area contributed by atoms with Crippen molar-refractivity contribution in [3.8, 4) is 0 Å². The number of ketones is 1. The van der Waals surface area contributed by atoms with Gasteiger partial charge in [-0.05, 0) is 93.2 Å². The molecule has 5 aliphatic carbocycles. The molecule has 12 heteroatoms. The van der Waals surface area contributed by atoms with E-state index in [1.165, 1.54) is 4.90 Å². The van der Waals surface area contributed by atoms with Crippen LogP contribution >= 0.6 is 23.2 Å². The SMILES string of the molecule is Cc1cc(Cl)c(C(=O)CN(C(=O)c2cnn(C34CCC(C(=O)O)(CC3)CC4)c2C(F)(F)F)[C@H]2C[C@@H]3[C@H](C2)C3(C)C)c(Cl)c1. The van der Waals surface area contributed by atoms with Gasteiger partial charge in [0.2, 0.25) is 0 Å². The largest absolute Gasteiger partial charge is 0.481 e. The van der Waals surface area contributed by atoms with Crippen molar-refractivity contribution in [1.82, 2.24) is 14.7 Å². The van der Waals surface area contributed by atoms with E-state index in [-0.39, 0.29) is 59.5 Å². The highest BCUT2D eigenvalue weighted by atomic mass is 35.5. The van der Waals surface area contributed by atoms with Crippen LogP contribution in [0.15, 0.2) is 18.3 Å². The molecule has 0 radical (unpaired) electrons. The number of fused-ring (bicyclic) bond motifs is 4. The zero-order valence-electron chi connectivity index (χ0n) is 24.2. The zero-order valence-corrected chi connectivity index (χ0v) is 25.7. The van der Waals surface area contributed by atoms with Crippen molar-refractivity contribution in [2.24, 2.45) is 22.7 Å². The van der Waals surface area contributed by atoms with Crippen LogP contribution in [0.25, 0.3) is 0 Å². The monoisotopic (exact) mass is 639 g/mol. The zero-order chi connectivity index (χ0) is 31.3. The van der Waals surface area contributed by atoms with Crippen LogP contribution in [0, 0.1) is 29.6 Å². The fourth-order valence-corrected chi connectivity index (χ4v) is 9.20. The minimum Gasteiger partial charge on any atom is -0.481 e. The van der Waals surface area contributed by atoms with E-state index in [0.717, 1.165) is 16.4 Å². The Bertz CT molecular complexity index is 1470. The van der Waals surface area contributed by atoms with Crippen LogP contribution < -0.4 is 0 Å². The van der Waals surface area contributed by atoms with Crippen molar-refractivity contribution in [2.75, 3.05) is 6.54 Å². The van der Waals surface area contributed by atoms with Crippen molar-refractivity contribution in [2.45, 2.75) is 89.9 Å². The molecule has 1 aromatic heterocycles. The lowest BCUT2D eigenvalue weighted by Crippen LogP contribution is -2.52. The molecule has 1 aromatic carbocycles. The molecule has 2 bridgehead atoms. The molecule has 7 nitrogen and oxygen atoms in total. The van der Waals surface area contributed by atoms with Gasteiger partial charge in [0.05, 0.1) is 44.9 Å². The first kappa shape index (κ1) is 30.4. The molecule has 5 saturated carbocycles. The number of benzene rings is 1. The van der Waals surface area contributed by atoms with Gasteiger partial charge in [0.15, 0.2) is 11.5 Å². The van der Waals surface area contributed by atoms with Crippen LogP contribution in [0.1, 0.15) is 97.2 Å². The number of nitrogens with zero attached hydrogens (tertiary/aromatic N) is 3. The second kappa shape index (κ2) is 9.96. The molecule has 1 N–H and O–H groups in total. The number of halogens is 5. The van der Waals surface area contributed by atoms with E-state index in [1.807, 2.05) is 0 Å². The van der Waals surface area contributed by atoms with E-state index >= 15 is 0 Å². The Hall–Kier alpha value is -2.59. The number of aromatic nitrogens is 2. The summed E-state index contributed by atoms with van der Waals surface area (Å²) in [7, 11) is 0. The molecule has 2 aromatic rings. The minimum absolute atomic E-state index is 0.0344. The standard InChI is InChI=1S/C31H34Cl2F3N3O4/c1-16-10-21(32)24(22(33)11-16)23(40)15-38(17-12-19-20(13-17)28(19,2)3)26(41)18-14-37-39(25(18)31(34,35)36)30-7-4-29(5-8-30,6-9-30)27(42)43/h10-11,14,17,19-20H,4-9,12-13,15H2,1-3H3,(H,42,43)/t17-,19+,20-,29?,30?. The summed E-state index contributed by atoms with van der Waals surface area (Å²) in [6.45, 7) is 5.57. The fraction of sp³-hybridized carbons (Fsp3) is 0.613. The minimum atomic E-state index is -4.91. The molecule has 3 atom stereocenters. The number of carboxylic acid groups (broad SMARTS) is 1. The van der Waals surface area contributed by atoms with Crippen molar-refractivity contribution >= 4 is 40.9 Å². The van der Waals surface area contributed by atoms with Gasteiger partial charge in [-0.25, -0.2) is 0 Å².